The Hall–Kier alpha value is -0.510. The van der Waals surface area contributed by atoms with Gasteiger partial charge < -0.3 is 5.32 Å². The van der Waals surface area contributed by atoms with Crippen molar-refractivity contribution in [2.75, 3.05) is 5.32 Å². The van der Waals surface area contributed by atoms with Crippen molar-refractivity contribution in [1.29, 1.82) is 0 Å². The fraction of sp³-hybridized carbons (Fsp3) is 0.286. The highest BCUT2D eigenvalue weighted by Crippen LogP contribution is 2.32. The van der Waals surface area contributed by atoms with Gasteiger partial charge in [0.2, 0.25) is 0 Å². The molecule has 1 unspecified atom stereocenters. The van der Waals surface area contributed by atoms with Crippen LogP contribution in [0.3, 0.4) is 0 Å². The van der Waals surface area contributed by atoms with E-state index in [0.717, 1.165) is 14.5 Å². The quantitative estimate of drug-likeness (QED) is 0.725. The predicted molar refractivity (Wildman–Crippen MR) is 85.0 cm³/mol. The normalized spacial score (nSPS) is 12.5. The Morgan fingerprint density at radius 3 is 2.56 bits per heavy atom. The first kappa shape index (κ1) is 13.9. The molecule has 1 atom stereocenters. The second kappa shape index (κ2) is 5.64. The monoisotopic (exact) mass is 343 g/mol. The summed E-state index contributed by atoms with van der Waals surface area (Å²) < 4.78 is 1.94. The molecule has 2 rings (SSSR count). The van der Waals surface area contributed by atoms with Crippen molar-refractivity contribution in [2.24, 2.45) is 0 Å². The van der Waals surface area contributed by atoms with Crippen LogP contribution in [0.5, 0.6) is 0 Å². The van der Waals surface area contributed by atoms with Crippen LogP contribution >= 0.6 is 38.9 Å². The molecule has 1 heterocycles. The number of anilines is 1. The summed E-state index contributed by atoms with van der Waals surface area (Å²) in [5.41, 5.74) is 4.87. The topological polar surface area (TPSA) is 12.0 Å². The van der Waals surface area contributed by atoms with Crippen LogP contribution in [0.15, 0.2) is 28.1 Å². The van der Waals surface area contributed by atoms with Gasteiger partial charge in [-0.2, -0.15) is 0 Å². The van der Waals surface area contributed by atoms with E-state index in [1.165, 1.54) is 16.7 Å². The van der Waals surface area contributed by atoms with Crippen LogP contribution in [0.4, 0.5) is 5.69 Å². The SMILES string of the molecule is Cc1cc(C)c(NC(C)c2csc(Cl)c2)c(Br)c1. The molecule has 1 aromatic carbocycles. The Bertz CT molecular complexity index is 542. The number of rotatable bonds is 3. The van der Waals surface area contributed by atoms with Crippen molar-refractivity contribution in [3.05, 3.63) is 49.1 Å². The standard InChI is InChI=1S/C14H15BrClNS/c1-8-4-9(2)14(12(15)5-8)17-10(3)11-6-13(16)18-7-11/h4-7,10,17H,1-3H3. The zero-order valence-corrected chi connectivity index (χ0v) is 13.7. The second-order valence-corrected chi connectivity index (χ2v) is 6.89. The van der Waals surface area contributed by atoms with Gasteiger partial charge in [0.05, 0.1) is 10.0 Å². The van der Waals surface area contributed by atoms with E-state index < -0.39 is 0 Å². The van der Waals surface area contributed by atoms with E-state index in [-0.39, 0.29) is 6.04 Å². The first-order valence-corrected chi connectivity index (χ1v) is 7.79. The molecular formula is C14H15BrClNS. The van der Waals surface area contributed by atoms with Crippen molar-refractivity contribution in [1.82, 2.24) is 0 Å². The molecule has 2 aromatic rings. The summed E-state index contributed by atoms with van der Waals surface area (Å²) in [6.07, 6.45) is 0. The van der Waals surface area contributed by atoms with Crippen molar-refractivity contribution < 1.29 is 0 Å². The maximum absolute atomic E-state index is 5.97. The van der Waals surface area contributed by atoms with Gasteiger partial charge in [0, 0.05) is 10.5 Å². The summed E-state index contributed by atoms with van der Waals surface area (Å²) in [5, 5.41) is 5.63. The third kappa shape index (κ3) is 3.08. The molecule has 0 radical (unpaired) electrons. The molecule has 96 valence electrons. The summed E-state index contributed by atoms with van der Waals surface area (Å²) in [7, 11) is 0. The van der Waals surface area contributed by atoms with E-state index >= 15 is 0 Å². The maximum atomic E-state index is 5.97. The highest BCUT2D eigenvalue weighted by molar-refractivity contribution is 9.10. The predicted octanol–water partition coefficient (Wildman–Crippen LogP) is 5.95. The van der Waals surface area contributed by atoms with Gasteiger partial charge in [0.1, 0.15) is 0 Å². The molecule has 0 saturated carbocycles. The smallest absolute Gasteiger partial charge is 0.0931 e. The van der Waals surface area contributed by atoms with E-state index in [1.807, 2.05) is 6.07 Å². The molecule has 0 bridgehead atoms. The molecule has 0 aliphatic heterocycles. The summed E-state index contributed by atoms with van der Waals surface area (Å²) in [6.45, 7) is 6.36. The van der Waals surface area contributed by atoms with Crippen LogP contribution < -0.4 is 5.32 Å². The Kier molecular flexibility index (Phi) is 4.36. The fourth-order valence-electron chi connectivity index (χ4n) is 1.95. The molecule has 1 N–H and O–H groups in total. The third-order valence-corrected chi connectivity index (χ3v) is 4.62. The fourth-order valence-corrected chi connectivity index (χ4v) is 3.72. The lowest BCUT2D eigenvalue weighted by Gasteiger charge is -2.18. The maximum Gasteiger partial charge on any atom is 0.0931 e. The minimum Gasteiger partial charge on any atom is -0.377 e. The summed E-state index contributed by atoms with van der Waals surface area (Å²) in [4.78, 5) is 0. The first-order chi connectivity index (χ1) is 8.47. The lowest BCUT2D eigenvalue weighted by Crippen LogP contribution is -2.07. The summed E-state index contributed by atoms with van der Waals surface area (Å²) in [6, 6.07) is 6.57. The van der Waals surface area contributed by atoms with E-state index in [2.05, 4.69) is 59.5 Å². The van der Waals surface area contributed by atoms with Crippen molar-refractivity contribution in [2.45, 2.75) is 26.8 Å². The zero-order chi connectivity index (χ0) is 13.3. The van der Waals surface area contributed by atoms with Crippen LogP contribution in [-0.2, 0) is 0 Å². The largest absolute Gasteiger partial charge is 0.377 e. The molecular weight excluding hydrogens is 330 g/mol. The Morgan fingerprint density at radius 2 is 2.00 bits per heavy atom. The third-order valence-electron chi connectivity index (χ3n) is 2.88. The number of benzene rings is 1. The van der Waals surface area contributed by atoms with Crippen LogP contribution in [0.1, 0.15) is 29.7 Å². The van der Waals surface area contributed by atoms with E-state index in [4.69, 9.17) is 11.6 Å². The molecule has 0 aliphatic rings. The zero-order valence-electron chi connectivity index (χ0n) is 10.6. The lowest BCUT2D eigenvalue weighted by atomic mass is 10.1. The summed E-state index contributed by atoms with van der Waals surface area (Å²) >= 11 is 11.2. The van der Waals surface area contributed by atoms with E-state index in [9.17, 15) is 0 Å². The van der Waals surface area contributed by atoms with Gasteiger partial charge in [0.25, 0.3) is 0 Å². The molecule has 0 amide bonds. The van der Waals surface area contributed by atoms with Gasteiger partial charge in [-0.15, -0.1) is 11.3 Å². The molecule has 0 aliphatic carbocycles. The highest BCUT2D eigenvalue weighted by atomic mass is 79.9. The number of nitrogens with one attached hydrogen (secondary N) is 1. The van der Waals surface area contributed by atoms with Crippen molar-refractivity contribution in [3.8, 4) is 0 Å². The molecule has 1 aromatic heterocycles. The average molecular weight is 345 g/mol. The van der Waals surface area contributed by atoms with Crippen LogP contribution in [0.25, 0.3) is 0 Å². The molecule has 0 saturated heterocycles. The average Bonchev–Trinajstić information content (AvgIpc) is 2.70. The van der Waals surface area contributed by atoms with E-state index in [1.54, 1.807) is 11.3 Å². The molecule has 0 fully saturated rings. The highest BCUT2D eigenvalue weighted by Gasteiger charge is 2.11. The molecule has 18 heavy (non-hydrogen) atoms. The molecule has 4 heteroatoms. The van der Waals surface area contributed by atoms with Gasteiger partial charge in [-0.3, -0.25) is 0 Å². The van der Waals surface area contributed by atoms with Crippen LogP contribution in [-0.4, -0.2) is 0 Å². The number of hydrogen-bond donors (Lipinski definition) is 1. The Labute approximate surface area is 125 Å². The molecule has 1 nitrogen and oxygen atoms in total. The van der Waals surface area contributed by atoms with Gasteiger partial charge in [-0.1, -0.05) is 17.7 Å². The van der Waals surface area contributed by atoms with Crippen LogP contribution in [0.2, 0.25) is 4.34 Å². The number of halogens is 2. The van der Waals surface area contributed by atoms with Gasteiger partial charge in [0.15, 0.2) is 0 Å². The minimum atomic E-state index is 0.242. The van der Waals surface area contributed by atoms with Gasteiger partial charge >= 0.3 is 0 Å². The first-order valence-electron chi connectivity index (χ1n) is 5.74. The van der Waals surface area contributed by atoms with Gasteiger partial charge in [-0.05, 0) is 70.9 Å². The Morgan fingerprint density at radius 1 is 1.28 bits per heavy atom. The number of hydrogen-bond acceptors (Lipinski definition) is 2. The minimum absolute atomic E-state index is 0.242. The molecule has 0 spiro atoms. The number of thiophene rings is 1. The van der Waals surface area contributed by atoms with Crippen molar-refractivity contribution >= 4 is 44.6 Å². The van der Waals surface area contributed by atoms with Crippen LogP contribution in [0, 0.1) is 13.8 Å². The van der Waals surface area contributed by atoms with Gasteiger partial charge in [-0.25, -0.2) is 0 Å². The lowest BCUT2D eigenvalue weighted by molar-refractivity contribution is 0.886. The van der Waals surface area contributed by atoms with Crippen molar-refractivity contribution in [3.63, 3.8) is 0 Å². The Balaban J connectivity index is 2.24. The summed E-state index contributed by atoms with van der Waals surface area (Å²) in [5.74, 6) is 0. The van der Waals surface area contributed by atoms with E-state index in [0.29, 0.717) is 0 Å². The second-order valence-electron chi connectivity index (χ2n) is 4.49. The number of aryl methyl sites for hydroxylation is 2.